The van der Waals surface area contributed by atoms with E-state index in [2.05, 4.69) is 74.6 Å². The first kappa shape index (κ1) is 77.0. The third-order valence-electron chi connectivity index (χ3n) is 15.0. The van der Waals surface area contributed by atoms with Crippen LogP contribution in [0.4, 0.5) is 0 Å². The number of likely N-dealkylation sites (N-methyl/N-ethyl adjacent to an activating group) is 1. The van der Waals surface area contributed by atoms with Crippen molar-refractivity contribution < 1.29 is 42.9 Å². The summed E-state index contributed by atoms with van der Waals surface area (Å²) in [7, 11) is 5.93. The van der Waals surface area contributed by atoms with E-state index < -0.39 is 24.3 Å². The van der Waals surface area contributed by atoms with E-state index in [1.54, 1.807) is 0 Å². The molecular formula is C71H129NO8. The number of quaternary nitrogens is 1. The van der Waals surface area contributed by atoms with Gasteiger partial charge in [0.2, 0.25) is 0 Å². The van der Waals surface area contributed by atoms with Gasteiger partial charge in [-0.15, -0.1) is 0 Å². The summed E-state index contributed by atoms with van der Waals surface area (Å²) in [6.45, 7) is 4.65. The minimum atomic E-state index is -1.62. The Kier molecular flexibility index (Phi) is 59.7. The van der Waals surface area contributed by atoms with Crippen LogP contribution in [0.25, 0.3) is 0 Å². The molecule has 80 heavy (non-hydrogen) atoms. The van der Waals surface area contributed by atoms with Crippen molar-refractivity contribution in [1.82, 2.24) is 0 Å². The maximum Gasteiger partial charge on any atom is 0.306 e. The van der Waals surface area contributed by atoms with Gasteiger partial charge in [-0.05, 0) is 77.0 Å². The predicted octanol–water partition coefficient (Wildman–Crippen LogP) is 19.4. The Balaban J connectivity index is 3.90. The number of hydrogen-bond donors (Lipinski definition) is 0. The van der Waals surface area contributed by atoms with Gasteiger partial charge in [-0.2, -0.15) is 0 Å². The molecule has 0 spiro atoms. The molecule has 9 heteroatoms. The summed E-state index contributed by atoms with van der Waals surface area (Å²) >= 11 is 0. The lowest BCUT2D eigenvalue weighted by molar-refractivity contribution is -0.870. The molecule has 0 radical (unpaired) electrons. The highest BCUT2D eigenvalue weighted by molar-refractivity contribution is 5.70. The second-order valence-electron chi connectivity index (χ2n) is 24.1. The lowest BCUT2D eigenvalue weighted by Crippen LogP contribution is -2.44. The Morgan fingerprint density at radius 3 is 1.07 bits per heavy atom. The molecule has 0 aliphatic heterocycles. The van der Waals surface area contributed by atoms with E-state index >= 15 is 0 Å². The van der Waals surface area contributed by atoms with Crippen LogP contribution in [0.1, 0.15) is 316 Å². The zero-order valence-electron chi connectivity index (χ0n) is 53.2. The number of carboxylic acids is 1. The molecule has 466 valence electrons. The van der Waals surface area contributed by atoms with Crippen molar-refractivity contribution >= 4 is 17.9 Å². The lowest BCUT2D eigenvalue weighted by Gasteiger charge is -2.26. The molecule has 0 heterocycles. The highest BCUT2D eigenvalue weighted by atomic mass is 16.7. The molecule has 2 atom stereocenters. The molecule has 9 nitrogen and oxygen atoms in total. The van der Waals surface area contributed by atoms with E-state index in [-0.39, 0.29) is 38.6 Å². The van der Waals surface area contributed by atoms with Crippen molar-refractivity contribution in [2.75, 3.05) is 47.5 Å². The second kappa shape index (κ2) is 62.0. The minimum absolute atomic E-state index is 0.148. The topological polar surface area (TPSA) is 111 Å². The molecule has 0 aromatic heterocycles. The van der Waals surface area contributed by atoms with Crippen LogP contribution in [0, 0.1) is 0 Å². The molecule has 0 N–H and O–H groups in total. The summed E-state index contributed by atoms with van der Waals surface area (Å²) in [4.78, 5) is 37.3. The number of carboxylic acid groups (broad SMARTS) is 1. The van der Waals surface area contributed by atoms with Crippen LogP contribution in [0.3, 0.4) is 0 Å². The fourth-order valence-electron chi connectivity index (χ4n) is 9.82. The third-order valence-corrected chi connectivity index (χ3v) is 15.0. The van der Waals surface area contributed by atoms with Gasteiger partial charge in [0.15, 0.2) is 12.4 Å². The first-order valence-electron chi connectivity index (χ1n) is 33.9. The molecule has 0 amide bonds. The van der Waals surface area contributed by atoms with Crippen molar-refractivity contribution in [3.8, 4) is 0 Å². The Hall–Kier alpha value is -3.01. The van der Waals surface area contributed by atoms with Crippen LogP contribution in [-0.4, -0.2) is 82.3 Å². The fourth-order valence-corrected chi connectivity index (χ4v) is 9.82. The quantitative estimate of drug-likeness (QED) is 0.0195. The van der Waals surface area contributed by atoms with Crippen LogP contribution in [0.15, 0.2) is 60.8 Å². The summed E-state index contributed by atoms with van der Waals surface area (Å²) in [5.74, 6) is -2.28. The van der Waals surface area contributed by atoms with Gasteiger partial charge >= 0.3 is 11.9 Å². The van der Waals surface area contributed by atoms with Crippen molar-refractivity contribution in [3.63, 3.8) is 0 Å². The van der Waals surface area contributed by atoms with Crippen molar-refractivity contribution in [1.29, 1.82) is 0 Å². The van der Waals surface area contributed by atoms with Crippen LogP contribution >= 0.6 is 0 Å². The molecule has 0 saturated heterocycles. The number of hydrogen-bond acceptors (Lipinski definition) is 8. The molecule has 0 bridgehead atoms. The standard InChI is InChI=1S/C71H129NO8/c1-6-8-10-12-14-16-18-20-22-23-24-25-26-27-28-29-30-31-32-33-34-35-36-37-38-39-40-41-42-43-44-45-46-47-48-50-52-54-56-58-60-62-69(74)80-67(66-79-71(70(75)76)77-64-63-72(3,4)5)65-78-68(73)61-59-57-55-53-51-49-21-19-17-15-13-11-9-7-2/h8,10,14,16,19-22,24-25,67,71H,6-7,9,11-13,15,17-18,23,26-66H2,1-5H3/b10-8-,16-14-,21-19-,22-20-,25-24-. The maximum atomic E-state index is 12.9. The van der Waals surface area contributed by atoms with Crippen LogP contribution < -0.4 is 5.11 Å². The Morgan fingerprint density at radius 1 is 0.388 bits per heavy atom. The van der Waals surface area contributed by atoms with Gasteiger partial charge in [-0.3, -0.25) is 9.59 Å². The number of esters is 2. The van der Waals surface area contributed by atoms with Gasteiger partial charge in [0.05, 0.1) is 40.3 Å². The number of aliphatic carboxylic acids is 1. The van der Waals surface area contributed by atoms with E-state index in [0.717, 1.165) is 77.0 Å². The van der Waals surface area contributed by atoms with Gasteiger partial charge in [-0.25, -0.2) is 0 Å². The largest absolute Gasteiger partial charge is 0.545 e. The number of nitrogens with zero attached hydrogens (tertiary/aromatic N) is 1. The van der Waals surface area contributed by atoms with Gasteiger partial charge in [-0.1, -0.05) is 286 Å². The van der Waals surface area contributed by atoms with E-state index in [1.165, 1.54) is 205 Å². The monoisotopic (exact) mass is 1120 g/mol. The SMILES string of the molecule is CC/C=C\C/C=C\C/C=C\C/C=C\CCCCCCCCCCCCCCCCCCCCCCCCCCCCCCC(=O)OC(COC(=O)CCCCCCC/C=C\CCCCCCC)COC(OCC[N+](C)(C)C)C(=O)[O-]. The average Bonchev–Trinajstić information content (AvgIpc) is 3.43. The number of carbonyl (C=O) groups is 3. The number of carbonyl (C=O) groups excluding carboxylic acids is 3. The van der Waals surface area contributed by atoms with Gasteiger partial charge in [0, 0.05) is 12.8 Å². The first-order chi connectivity index (χ1) is 39.1. The van der Waals surface area contributed by atoms with E-state index in [9.17, 15) is 19.5 Å². The van der Waals surface area contributed by atoms with Gasteiger partial charge in [0.1, 0.15) is 13.2 Å². The minimum Gasteiger partial charge on any atom is -0.545 e. The van der Waals surface area contributed by atoms with Crippen LogP contribution in [0.5, 0.6) is 0 Å². The fraction of sp³-hybridized carbons (Fsp3) is 0.817. The van der Waals surface area contributed by atoms with Crippen molar-refractivity contribution in [2.24, 2.45) is 0 Å². The molecule has 0 aromatic rings. The maximum absolute atomic E-state index is 12.9. The highest BCUT2D eigenvalue weighted by Gasteiger charge is 2.22. The average molecular weight is 1120 g/mol. The molecule has 0 aliphatic rings. The van der Waals surface area contributed by atoms with Crippen LogP contribution in [-0.2, 0) is 33.3 Å². The smallest absolute Gasteiger partial charge is 0.306 e. The second-order valence-corrected chi connectivity index (χ2v) is 24.1. The molecule has 0 fully saturated rings. The predicted molar refractivity (Wildman–Crippen MR) is 338 cm³/mol. The summed E-state index contributed by atoms with van der Waals surface area (Å²) in [6.07, 6.45) is 77.6. The Morgan fingerprint density at radius 2 is 0.713 bits per heavy atom. The van der Waals surface area contributed by atoms with Crippen LogP contribution in [0.2, 0.25) is 0 Å². The number of rotatable bonds is 63. The lowest BCUT2D eigenvalue weighted by atomic mass is 10.0. The van der Waals surface area contributed by atoms with Crippen molar-refractivity contribution in [3.05, 3.63) is 60.8 Å². The number of ether oxygens (including phenoxy) is 4. The summed E-state index contributed by atoms with van der Waals surface area (Å²) in [6, 6.07) is 0. The molecule has 0 rings (SSSR count). The van der Waals surface area contributed by atoms with Crippen molar-refractivity contribution in [2.45, 2.75) is 328 Å². The molecule has 0 aromatic carbocycles. The zero-order chi connectivity index (χ0) is 58.3. The zero-order valence-corrected chi connectivity index (χ0v) is 53.2. The molecular weight excluding hydrogens is 995 g/mol. The van der Waals surface area contributed by atoms with E-state index in [0.29, 0.717) is 17.4 Å². The summed E-state index contributed by atoms with van der Waals surface area (Å²) < 4.78 is 22.7. The van der Waals surface area contributed by atoms with Gasteiger partial charge in [0.25, 0.3) is 0 Å². The third kappa shape index (κ3) is 62.6. The van der Waals surface area contributed by atoms with E-state index in [1.807, 2.05) is 21.1 Å². The first-order valence-corrected chi connectivity index (χ1v) is 33.9. The number of allylic oxidation sites excluding steroid dienone is 10. The highest BCUT2D eigenvalue weighted by Crippen LogP contribution is 2.18. The summed E-state index contributed by atoms with van der Waals surface area (Å²) in [5, 5.41) is 11.8. The molecule has 0 aliphatic carbocycles. The normalized spacial score (nSPS) is 13.1. The molecule has 2 unspecified atom stereocenters. The van der Waals surface area contributed by atoms with Gasteiger partial charge < -0.3 is 33.3 Å². The summed E-state index contributed by atoms with van der Waals surface area (Å²) in [5.41, 5.74) is 0. The Bertz CT molecular complexity index is 1500. The Labute approximate surface area is 495 Å². The molecule has 0 saturated carbocycles. The number of unbranched alkanes of at least 4 members (excludes halogenated alkanes) is 38. The van der Waals surface area contributed by atoms with E-state index in [4.69, 9.17) is 18.9 Å².